The number of carbonyl (C=O) groups excluding carboxylic acids is 2. The summed E-state index contributed by atoms with van der Waals surface area (Å²) >= 11 is 0. The zero-order valence-electron chi connectivity index (χ0n) is 13.3. The summed E-state index contributed by atoms with van der Waals surface area (Å²) in [6.07, 6.45) is 0.608. The Labute approximate surface area is 130 Å². The van der Waals surface area contributed by atoms with E-state index in [1.54, 1.807) is 25.9 Å². The largest absolute Gasteiger partial charge is 0.497 e. The van der Waals surface area contributed by atoms with Crippen molar-refractivity contribution >= 4 is 11.8 Å². The first-order valence-corrected chi connectivity index (χ1v) is 7.33. The second kappa shape index (κ2) is 6.36. The lowest BCUT2D eigenvalue weighted by Crippen LogP contribution is -2.53. The highest BCUT2D eigenvalue weighted by molar-refractivity contribution is 5.92. The molecule has 22 heavy (non-hydrogen) atoms. The summed E-state index contributed by atoms with van der Waals surface area (Å²) in [7, 11) is 1.62. The number of amides is 2. The van der Waals surface area contributed by atoms with Crippen LogP contribution in [-0.2, 0) is 16.1 Å². The van der Waals surface area contributed by atoms with Crippen molar-refractivity contribution in [2.75, 3.05) is 13.7 Å². The van der Waals surface area contributed by atoms with Crippen LogP contribution in [0, 0.1) is 0 Å². The number of likely N-dealkylation sites (tertiary alicyclic amines) is 1. The van der Waals surface area contributed by atoms with Crippen molar-refractivity contribution in [1.29, 1.82) is 0 Å². The van der Waals surface area contributed by atoms with E-state index in [0.29, 0.717) is 19.5 Å². The highest BCUT2D eigenvalue weighted by Crippen LogP contribution is 2.18. The van der Waals surface area contributed by atoms with Crippen molar-refractivity contribution < 1.29 is 14.3 Å². The summed E-state index contributed by atoms with van der Waals surface area (Å²) in [6.45, 7) is 4.40. The van der Waals surface area contributed by atoms with Crippen LogP contribution in [0.2, 0.25) is 0 Å². The standard InChI is InChI=1S/C16H23N3O3/c1-16(2,17)15(21)18-13-8-9-19(14(13)20)10-11-4-6-12(22-3)7-5-11/h4-7,13H,8-10,17H2,1-3H3,(H,18,21). The molecule has 6 heteroatoms. The first kappa shape index (κ1) is 16.3. The minimum absolute atomic E-state index is 0.0616. The lowest BCUT2D eigenvalue weighted by atomic mass is 10.1. The Morgan fingerprint density at radius 1 is 1.41 bits per heavy atom. The first-order valence-electron chi connectivity index (χ1n) is 7.33. The SMILES string of the molecule is COc1ccc(CN2CCC(NC(=O)C(C)(C)N)C2=O)cc1. The second-order valence-corrected chi connectivity index (χ2v) is 6.14. The Morgan fingerprint density at radius 2 is 2.05 bits per heavy atom. The normalized spacial score (nSPS) is 18.5. The average Bonchev–Trinajstić information content (AvgIpc) is 2.80. The van der Waals surface area contributed by atoms with Crippen LogP contribution < -0.4 is 15.8 Å². The van der Waals surface area contributed by atoms with Gasteiger partial charge in [0.2, 0.25) is 11.8 Å². The maximum Gasteiger partial charge on any atom is 0.245 e. The molecule has 0 bridgehead atoms. The smallest absolute Gasteiger partial charge is 0.245 e. The number of rotatable bonds is 5. The number of hydrogen-bond donors (Lipinski definition) is 2. The molecule has 1 aliphatic rings. The van der Waals surface area contributed by atoms with Gasteiger partial charge in [-0.15, -0.1) is 0 Å². The zero-order chi connectivity index (χ0) is 16.3. The van der Waals surface area contributed by atoms with E-state index in [0.717, 1.165) is 11.3 Å². The summed E-state index contributed by atoms with van der Waals surface area (Å²) in [5.74, 6) is 0.414. The minimum atomic E-state index is -0.982. The molecule has 0 aliphatic carbocycles. The van der Waals surface area contributed by atoms with Gasteiger partial charge in [0.15, 0.2) is 0 Å². The summed E-state index contributed by atoms with van der Waals surface area (Å²) in [5, 5.41) is 2.73. The third kappa shape index (κ3) is 3.76. The molecule has 0 spiro atoms. The maximum atomic E-state index is 12.3. The van der Waals surface area contributed by atoms with Gasteiger partial charge in [-0.25, -0.2) is 0 Å². The fourth-order valence-corrected chi connectivity index (χ4v) is 2.33. The van der Waals surface area contributed by atoms with Gasteiger partial charge in [0.05, 0.1) is 12.6 Å². The average molecular weight is 305 g/mol. The van der Waals surface area contributed by atoms with E-state index in [-0.39, 0.29) is 11.8 Å². The van der Waals surface area contributed by atoms with E-state index in [9.17, 15) is 9.59 Å². The highest BCUT2D eigenvalue weighted by Gasteiger charge is 2.35. The number of hydrogen-bond acceptors (Lipinski definition) is 4. The molecule has 2 amide bonds. The second-order valence-electron chi connectivity index (χ2n) is 6.14. The third-order valence-corrected chi connectivity index (χ3v) is 3.72. The van der Waals surface area contributed by atoms with E-state index >= 15 is 0 Å². The van der Waals surface area contributed by atoms with Crippen LogP contribution in [0.3, 0.4) is 0 Å². The van der Waals surface area contributed by atoms with Gasteiger partial charge in [0.25, 0.3) is 0 Å². The molecule has 1 aromatic carbocycles. The van der Waals surface area contributed by atoms with Gasteiger partial charge < -0.3 is 20.7 Å². The first-order chi connectivity index (χ1) is 10.3. The summed E-state index contributed by atoms with van der Waals surface area (Å²) in [6, 6.07) is 7.12. The lowest BCUT2D eigenvalue weighted by molar-refractivity contribution is -0.134. The van der Waals surface area contributed by atoms with Crippen molar-refractivity contribution in [3.8, 4) is 5.75 Å². The summed E-state index contributed by atoms with van der Waals surface area (Å²) < 4.78 is 5.11. The molecule has 0 radical (unpaired) electrons. The van der Waals surface area contributed by atoms with Gasteiger partial charge in [0, 0.05) is 13.1 Å². The minimum Gasteiger partial charge on any atom is -0.497 e. The molecular weight excluding hydrogens is 282 g/mol. The highest BCUT2D eigenvalue weighted by atomic mass is 16.5. The summed E-state index contributed by atoms with van der Waals surface area (Å²) in [4.78, 5) is 26.0. The van der Waals surface area contributed by atoms with Crippen LogP contribution in [0.25, 0.3) is 0 Å². The molecule has 1 heterocycles. The number of nitrogens with one attached hydrogen (secondary N) is 1. The van der Waals surface area contributed by atoms with Crippen LogP contribution in [0.5, 0.6) is 5.75 Å². The number of ether oxygens (including phenoxy) is 1. The van der Waals surface area contributed by atoms with Gasteiger partial charge in [-0.2, -0.15) is 0 Å². The number of methoxy groups -OCH3 is 1. The number of nitrogens with two attached hydrogens (primary N) is 1. The molecule has 1 aliphatic heterocycles. The predicted molar refractivity (Wildman–Crippen MR) is 83.2 cm³/mol. The van der Waals surface area contributed by atoms with Gasteiger partial charge in [0.1, 0.15) is 11.8 Å². The molecule has 3 N–H and O–H groups in total. The molecule has 1 atom stereocenters. The Bertz CT molecular complexity index is 549. The third-order valence-electron chi connectivity index (χ3n) is 3.72. The van der Waals surface area contributed by atoms with Gasteiger partial charge in [-0.3, -0.25) is 9.59 Å². The molecule has 0 saturated carbocycles. The van der Waals surface area contributed by atoms with E-state index < -0.39 is 11.6 Å². The maximum absolute atomic E-state index is 12.3. The quantitative estimate of drug-likeness (QED) is 0.836. The van der Waals surface area contributed by atoms with Crippen LogP contribution in [-0.4, -0.2) is 41.9 Å². The molecule has 2 rings (SSSR count). The Morgan fingerprint density at radius 3 is 2.59 bits per heavy atom. The van der Waals surface area contributed by atoms with Crippen LogP contribution in [0.15, 0.2) is 24.3 Å². The lowest BCUT2D eigenvalue weighted by Gasteiger charge is -2.21. The van der Waals surface area contributed by atoms with Crippen molar-refractivity contribution in [3.05, 3.63) is 29.8 Å². The summed E-state index contributed by atoms with van der Waals surface area (Å²) in [5.41, 5.74) is 5.78. The Balaban J connectivity index is 1.94. The molecular formula is C16H23N3O3. The fourth-order valence-electron chi connectivity index (χ4n) is 2.33. The van der Waals surface area contributed by atoms with E-state index in [1.807, 2.05) is 24.3 Å². The van der Waals surface area contributed by atoms with Crippen molar-refractivity contribution in [1.82, 2.24) is 10.2 Å². The molecule has 0 aromatic heterocycles. The van der Waals surface area contributed by atoms with Gasteiger partial charge >= 0.3 is 0 Å². The van der Waals surface area contributed by atoms with Crippen molar-refractivity contribution in [3.63, 3.8) is 0 Å². The molecule has 1 fully saturated rings. The molecule has 1 aromatic rings. The van der Waals surface area contributed by atoms with Gasteiger partial charge in [-0.05, 0) is 38.0 Å². The fraction of sp³-hybridized carbons (Fsp3) is 0.500. The zero-order valence-corrected chi connectivity index (χ0v) is 13.3. The Kier molecular flexibility index (Phi) is 4.71. The Hall–Kier alpha value is -2.08. The van der Waals surface area contributed by atoms with E-state index in [4.69, 9.17) is 10.5 Å². The predicted octanol–water partition coefficient (Wildman–Crippen LogP) is 0.650. The van der Waals surface area contributed by atoms with E-state index in [1.165, 1.54) is 0 Å². The van der Waals surface area contributed by atoms with Crippen LogP contribution in [0.4, 0.5) is 0 Å². The topological polar surface area (TPSA) is 84.7 Å². The monoisotopic (exact) mass is 305 g/mol. The molecule has 6 nitrogen and oxygen atoms in total. The molecule has 120 valence electrons. The van der Waals surface area contributed by atoms with Crippen LogP contribution >= 0.6 is 0 Å². The molecule has 1 saturated heterocycles. The number of carbonyl (C=O) groups is 2. The van der Waals surface area contributed by atoms with Crippen molar-refractivity contribution in [2.24, 2.45) is 5.73 Å². The van der Waals surface area contributed by atoms with Gasteiger partial charge in [-0.1, -0.05) is 12.1 Å². The molecule has 1 unspecified atom stereocenters. The number of benzene rings is 1. The number of nitrogens with zero attached hydrogens (tertiary/aromatic N) is 1. The van der Waals surface area contributed by atoms with Crippen LogP contribution in [0.1, 0.15) is 25.8 Å². The van der Waals surface area contributed by atoms with Crippen molar-refractivity contribution in [2.45, 2.75) is 38.4 Å². The van der Waals surface area contributed by atoms with E-state index in [2.05, 4.69) is 5.32 Å².